The predicted molar refractivity (Wildman–Crippen MR) is 108 cm³/mol. The summed E-state index contributed by atoms with van der Waals surface area (Å²) in [7, 11) is 0. The molecule has 3 rings (SSSR count). The molecule has 0 radical (unpaired) electrons. The van der Waals surface area contributed by atoms with Crippen molar-refractivity contribution < 1.29 is 9.72 Å². The maximum Gasteiger partial charge on any atom is 0.293 e. The number of rotatable bonds is 8. The third-order valence-corrected chi connectivity index (χ3v) is 4.46. The van der Waals surface area contributed by atoms with E-state index in [1.165, 1.54) is 6.07 Å². The average molecular weight is 378 g/mol. The molecule has 7 heteroatoms. The Morgan fingerprint density at radius 2 is 1.86 bits per heavy atom. The van der Waals surface area contributed by atoms with Gasteiger partial charge in [-0.1, -0.05) is 30.3 Å². The highest BCUT2D eigenvalue weighted by Gasteiger charge is 2.18. The second-order valence-corrected chi connectivity index (χ2v) is 6.61. The topological polar surface area (TPSA) is 90.1 Å². The molecule has 1 aromatic heterocycles. The Bertz CT molecular complexity index is 996. The van der Waals surface area contributed by atoms with Crippen LogP contribution < -0.4 is 5.32 Å². The molecule has 1 heterocycles. The monoisotopic (exact) mass is 378 g/mol. The SMILES string of the molecule is Cc1cc(C)n(CCCNc2ccc(C(=O)c3ccccc3)cc2[N+](=O)[O-])n1. The lowest BCUT2D eigenvalue weighted by Crippen LogP contribution is -2.10. The number of aromatic nitrogens is 2. The first kappa shape index (κ1) is 19.3. The third kappa shape index (κ3) is 4.43. The number of nitro benzene ring substituents is 1. The van der Waals surface area contributed by atoms with Crippen LogP contribution in [0.3, 0.4) is 0 Å². The third-order valence-electron chi connectivity index (χ3n) is 4.46. The molecule has 0 saturated heterocycles. The van der Waals surface area contributed by atoms with Gasteiger partial charge in [-0.2, -0.15) is 5.10 Å². The Labute approximate surface area is 163 Å². The van der Waals surface area contributed by atoms with Crippen LogP contribution in [0.15, 0.2) is 54.6 Å². The second-order valence-electron chi connectivity index (χ2n) is 6.61. The highest BCUT2D eigenvalue weighted by molar-refractivity contribution is 6.09. The highest BCUT2D eigenvalue weighted by Crippen LogP contribution is 2.26. The highest BCUT2D eigenvalue weighted by atomic mass is 16.6. The zero-order chi connectivity index (χ0) is 20.1. The van der Waals surface area contributed by atoms with Crippen LogP contribution >= 0.6 is 0 Å². The van der Waals surface area contributed by atoms with Gasteiger partial charge in [0.05, 0.1) is 10.6 Å². The zero-order valence-electron chi connectivity index (χ0n) is 15.9. The van der Waals surface area contributed by atoms with E-state index in [1.54, 1.807) is 36.4 Å². The molecule has 7 nitrogen and oxygen atoms in total. The number of nitrogens with zero attached hydrogens (tertiary/aromatic N) is 3. The van der Waals surface area contributed by atoms with Crippen LogP contribution in [0.5, 0.6) is 0 Å². The molecule has 0 saturated carbocycles. The van der Waals surface area contributed by atoms with E-state index < -0.39 is 4.92 Å². The van der Waals surface area contributed by atoms with Crippen molar-refractivity contribution in [3.05, 3.63) is 87.2 Å². The molecule has 0 aliphatic heterocycles. The van der Waals surface area contributed by atoms with Crippen LogP contribution in [0.25, 0.3) is 0 Å². The van der Waals surface area contributed by atoms with Crippen LogP contribution in [0, 0.1) is 24.0 Å². The first-order valence-electron chi connectivity index (χ1n) is 9.09. The van der Waals surface area contributed by atoms with Gasteiger partial charge in [-0.15, -0.1) is 0 Å². The molecule has 28 heavy (non-hydrogen) atoms. The number of hydrogen-bond donors (Lipinski definition) is 1. The van der Waals surface area contributed by atoms with E-state index in [9.17, 15) is 14.9 Å². The summed E-state index contributed by atoms with van der Waals surface area (Å²) in [6.45, 7) is 5.24. The van der Waals surface area contributed by atoms with Crippen molar-refractivity contribution in [2.24, 2.45) is 0 Å². The maximum absolute atomic E-state index is 12.5. The molecule has 0 aliphatic rings. The minimum absolute atomic E-state index is 0.104. The summed E-state index contributed by atoms with van der Waals surface area (Å²) in [6.07, 6.45) is 0.768. The molecule has 144 valence electrons. The van der Waals surface area contributed by atoms with Crippen molar-refractivity contribution in [2.45, 2.75) is 26.8 Å². The summed E-state index contributed by atoms with van der Waals surface area (Å²) in [6, 6.07) is 15.3. The van der Waals surface area contributed by atoms with Gasteiger partial charge in [-0.05, 0) is 38.5 Å². The van der Waals surface area contributed by atoms with Crippen LogP contribution in [-0.2, 0) is 6.54 Å². The lowest BCUT2D eigenvalue weighted by molar-refractivity contribution is -0.384. The van der Waals surface area contributed by atoms with Crippen molar-refractivity contribution >= 4 is 17.2 Å². The normalized spacial score (nSPS) is 10.6. The number of carbonyl (C=O) groups is 1. The predicted octanol–water partition coefficient (Wildman–Crippen LogP) is 4.14. The van der Waals surface area contributed by atoms with Gasteiger partial charge in [-0.3, -0.25) is 19.6 Å². The van der Waals surface area contributed by atoms with E-state index in [-0.39, 0.29) is 11.5 Å². The fourth-order valence-electron chi connectivity index (χ4n) is 3.08. The molecule has 0 bridgehead atoms. The van der Waals surface area contributed by atoms with Crippen molar-refractivity contribution in [1.82, 2.24) is 9.78 Å². The Balaban J connectivity index is 1.68. The Morgan fingerprint density at radius 3 is 2.50 bits per heavy atom. The number of benzene rings is 2. The molecule has 0 atom stereocenters. The van der Waals surface area contributed by atoms with Crippen LogP contribution in [0.4, 0.5) is 11.4 Å². The fraction of sp³-hybridized carbons (Fsp3) is 0.238. The molecule has 0 amide bonds. The number of ketones is 1. The Hall–Kier alpha value is -3.48. The summed E-state index contributed by atoms with van der Waals surface area (Å²) in [5, 5.41) is 19.0. The summed E-state index contributed by atoms with van der Waals surface area (Å²) in [5.41, 5.74) is 3.16. The summed E-state index contributed by atoms with van der Waals surface area (Å²) in [5.74, 6) is -0.236. The molecule has 3 aromatic rings. The van der Waals surface area contributed by atoms with Crippen LogP contribution in [0.1, 0.15) is 33.7 Å². The lowest BCUT2D eigenvalue weighted by atomic mass is 10.0. The minimum atomic E-state index is -0.467. The molecular formula is C21H22N4O3. The van der Waals surface area contributed by atoms with E-state index in [0.29, 0.717) is 23.4 Å². The quantitative estimate of drug-likeness (QED) is 0.275. The number of anilines is 1. The Kier molecular flexibility index (Phi) is 5.84. The largest absolute Gasteiger partial charge is 0.379 e. The van der Waals surface area contributed by atoms with Gasteiger partial charge in [-0.25, -0.2) is 0 Å². The van der Waals surface area contributed by atoms with Crippen LogP contribution in [-0.4, -0.2) is 27.0 Å². The number of aryl methyl sites for hydroxylation is 3. The summed E-state index contributed by atoms with van der Waals surface area (Å²) in [4.78, 5) is 23.5. The number of nitrogens with one attached hydrogen (secondary N) is 1. The van der Waals surface area contributed by atoms with E-state index in [1.807, 2.05) is 30.7 Å². The summed E-state index contributed by atoms with van der Waals surface area (Å²) < 4.78 is 1.92. The fourth-order valence-corrected chi connectivity index (χ4v) is 3.08. The molecular weight excluding hydrogens is 356 g/mol. The van der Waals surface area contributed by atoms with Crippen molar-refractivity contribution in [2.75, 3.05) is 11.9 Å². The lowest BCUT2D eigenvalue weighted by Gasteiger charge is -2.09. The molecule has 0 spiro atoms. The van der Waals surface area contributed by atoms with Crippen molar-refractivity contribution in [1.29, 1.82) is 0 Å². The minimum Gasteiger partial charge on any atom is -0.379 e. The molecule has 1 N–H and O–H groups in total. The number of hydrogen-bond acceptors (Lipinski definition) is 5. The second kappa shape index (κ2) is 8.47. The van der Waals surface area contributed by atoms with Gasteiger partial charge < -0.3 is 5.32 Å². The number of nitro groups is 1. The maximum atomic E-state index is 12.5. The Morgan fingerprint density at radius 1 is 1.11 bits per heavy atom. The van der Waals surface area contributed by atoms with E-state index in [2.05, 4.69) is 10.4 Å². The first-order valence-corrected chi connectivity index (χ1v) is 9.09. The average Bonchev–Trinajstić information content (AvgIpc) is 3.02. The molecule has 2 aromatic carbocycles. The first-order chi connectivity index (χ1) is 13.5. The van der Waals surface area contributed by atoms with Gasteiger partial charge in [0.25, 0.3) is 5.69 Å². The van der Waals surface area contributed by atoms with E-state index in [4.69, 9.17) is 0 Å². The van der Waals surface area contributed by atoms with Gasteiger partial charge in [0, 0.05) is 36.0 Å². The number of carbonyl (C=O) groups excluding carboxylic acids is 1. The van der Waals surface area contributed by atoms with Crippen molar-refractivity contribution in [3.63, 3.8) is 0 Å². The van der Waals surface area contributed by atoms with Crippen LogP contribution in [0.2, 0.25) is 0 Å². The standard InChI is InChI=1S/C21H22N4O3/c1-15-13-16(2)24(23-15)12-6-11-22-19-10-9-18(14-20(19)25(27)28)21(26)17-7-4-3-5-8-17/h3-5,7-10,13-14,22H,6,11-12H2,1-2H3. The zero-order valence-corrected chi connectivity index (χ0v) is 15.9. The van der Waals surface area contributed by atoms with Gasteiger partial charge >= 0.3 is 0 Å². The molecule has 0 aliphatic carbocycles. The van der Waals surface area contributed by atoms with Gasteiger partial charge in [0.1, 0.15) is 5.69 Å². The van der Waals surface area contributed by atoms with Gasteiger partial charge in [0.15, 0.2) is 5.78 Å². The molecule has 0 fully saturated rings. The van der Waals surface area contributed by atoms with E-state index in [0.717, 1.165) is 24.4 Å². The molecule has 0 unspecified atom stereocenters. The summed E-state index contributed by atoms with van der Waals surface area (Å²) >= 11 is 0. The van der Waals surface area contributed by atoms with Gasteiger partial charge in [0.2, 0.25) is 0 Å². The van der Waals surface area contributed by atoms with E-state index >= 15 is 0 Å². The smallest absolute Gasteiger partial charge is 0.293 e. The van der Waals surface area contributed by atoms with Crippen molar-refractivity contribution in [3.8, 4) is 0 Å².